The van der Waals surface area contributed by atoms with Crippen LogP contribution < -0.4 is 11.5 Å². The topological polar surface area (TPSA) is 52.0 Å². The second kappa shape index (κ2) is 4.47. The van der Waals surface area contributed by atoms with Gasteiger partial charge in [0.25, 0.3) is 0 Å². The van der Waals surface area contributed by atoms with E-state index in [1.54, 1.807) is 0 Å². The monoisotopic (exact) mass is 340 g/mol. The Kier molecular flexibility index (Phi) is 3.21. The Hall–Kier alpha value is -1.00. The number of anilines is 2. The molecule has 0 aliphatic heterocycles. The lowest BCUT2D eigenvalue weighted by Gasteiger charge is -2.10. The second-order valence-electron chi connectivity index (χ2n) is 3.46. The van der Waals surface area contributed by atoms with Crippen molar-refractivity contribution >= 4 is 43.2 Å². The molecule has 0 aliphatic rings. The van der Waals surface area contributed by atoms with Crippen molar-refractivity contribution in [1.29, 1.82) is 0 Å². The Morgan fingerprint density at radius 1 is 0.688 bits per heavy atom. The van der Waals surface area contributed by atoms with Crippen LogP contribution >= 0.6 is 31.9 Å². The molecular formula is C12H10Br2N2. The summed E-state index contributed by atoms with van der Waals surface area (Å²) in [6, 6.07) is 11.5. The lowest BCUT2D eigenvalue weighted by atomic mass is 10.0. The van der Waals surface area contributed by atoms with Crippen molar-refractivity contribution < 1.29 is 0 Å². The normalized spacial score (nSPS) is 10.4. The average Bonchev–Trinajstić information content (AvgIpc) is 2.25. The van der Waals surface area contributed by atoms with Crippen LogP contribution in [-0.4, -0.2) is 0 Å². The van der Waals surface area contributed by atoms with E-state index in [1.165, 1.54) is 0 Å². The van der Waals surface area contributed by atoms with Gasteiger partial charge in [-0.05, 0) is 36.4 Å². The van der Waals surface area contributed by atoms with E-state index < -0.39 is 0 Å². The lowest BCUT2D eigenvalue weighted by Crippen LogP contribution is -1.94. The summed E-state index contributed by atoms with van der Waals surface area (Å²) in [4.78, 5) is 0. The highest BCUT2D eigenvalue weighted by molar-refractivity contribution is 9.10. The number of benzene rings is 2. The van der Waals surface area contributed by atoms with E-state index in [0.29, 0.717) is 11.4 Å². The first-order chi connectivity index (χ1) is 7.58. The van der Waals surface area contributed by atoms with Crippen molar-refractivity contribution in [2.75, 3.05) is 11.5 Å². The fourth-order valence-electron chi connectivity index (χ4n) is 1.52. The molecule has 4 N–H and O–H groups in total. The van der Waals surface area contributed by atoms with Crippen molar-refractivity contribution in [1.82, 2.24) is 0 Å². The number of halogens is 2. The van der Waals surface area contributed by atoms with Gasteiger partial charge in [0.15, 0.2) is 0 Å². The molecule has 0 atom stereocenters. The SMILES string of the molecule is Nc1ccc(Br)cc1-c1cc(Br)ccc1N. The van der Waals surface area contributed by atoms with Gasteiger partial charge in [-0.2, -0.15) is 0 Å². The highest BCUT2D eigenvalue weighted by Crippen LogP contribution is 2.34. The second-order valence-corrected chi connectivity index (χ2v) is 5.29. The first-order valence-corrected chi connectivity index (χ1v) is 6.27. The fourth-order valence-corrected chi connectivity index (χ4v) is 2.25. The summed E-state index contributed by atoms with van der Waals surface area (Å²) in [5, 5.41) is 0. The maximum atomic E-state index is 5.95. The molecule has 0 amide bonds. The zero-order valence-corrected chi connectivity index (χ0v) is 11.5. The van der Waals surface area contributed by atoms with E-state index in [2.05, 4.69) is 31.9 Å². The molecule has 0 heterocycles. The Labute approximate surface area is 111 Å². The molecule has 0 fully saturated rings. The maximum Gasteiger partial charge on any atom is 0.0395 e. The number of hydrogen-bond acceptors (Lipinski definition) is 2. The van der Waals surface area contributed by atoms with E-state index in [4.69, 9.17) is 11.5 Å². The molecule has 16 heavy (non-hydrogen) atoms. The zero-order chi connectivity index (χ0) is 11.7. The summed E-state index contributed by atoms with van der Waals surface area (Å²) in [7, 11) is 0. The van der Waals surface area contributed by atoms with Crippen LogP contribution in [0.1, 0.15) is 0 Å². The molecule has 82 valence electrons. The Balaban J connectivity index is 2.66. The molecular weight excluding hydrogens is 332 g/mol. The molecule has 0 bridgehead atoms. The third-order valence-corrected chi connectivity index (χ3v) is 3.31. The van der Waals surface area contributed by atoms with Gasteiger partial charge < -0.3 is 11.5 Å². The molecule has 0 unspecified atom stereocenters. The predicted molar refractivity (Wildman–Crippen MR) is 76.1 cm³/mol. The minimum absolute atomic E-state index is 0.716. The largest absolute Gasteiger partial charge is 0.398 e. The van der Waals surface area contributed by atoms with Crippen LogP contribution in [0.2, 0.25) is 0 Å². The van der Waals surface area contributed by atoms with Crippen LogP contribution in [-0.2, 0) is 0 Å². The van der Waals surface area contributed by atoms with Gasteiger partial charge in [-0.25, -0.2) is 0 Å². The quantitative estimate of drug-likeness (QED) is 0.769. The van der Waals surface area contributed by atoms with Crippen molar-refractivity contribution in [3.63, 3.8) is 0 Å². The van der Waals surface area contributed by atoms with E-state index in [1.807, 2.05) is 36.4 Å². The van der Waals surface area contributed by atoms with Gasteiger partial charge in [0, 0.05) is 31.4 Å². The van der Waals surface area contributed by atoms with Gasteiger partial charge in [0.1, 0.15) is 0 Å². The van der Waals surface area contributed by atoms with Crippen molar-refractivity contribution in [3.05, 3.63) is 45.3 Å². The summed E-state index contributed by atoms with van der Waals surface area (Å²) >= 11 is 6.86. The van der Waals surface area contributed by atoms with Crippen LogP contribution in [0.5, 0.6) is 0 Å². The van der Waals surface area contributed by atoms with Crippen LogP contribution in [0.25, 0.3) is 11.1 Å². The van der Waals surface area contributed by atoms with E-state index in [0.717, 1.165) is 20.1 Å². The summed E-state index contributed by atoms with van der Waals surface area (Å²) < 4.78 is 1.96. The molecule has 0 spiro atoms. The highest BCUT2D eigenvalue weighted by Gasteiger charge is 2.07. The zero-order valence-electron chi connectivity index (χ0n) is 8.37. The fraction of sp³-hybridized carbons (Fsp3) is 0. The summed E-state index contributed by atoms with van der Waals surface area (Å²) in [5.41, 5.74) is 15.2. The molecule has 0 saturated carbocycles. The summed E-state index contributed by atoms with van der Waals surface area (Å²) in [6.07, 6.45) is 0. The number of rotatable bonds is 1. The predicted octanol–water partition coefficient (Wildman–Crippen LogP) is 4.04. The number of hydrogen-bond donors (Lipinski definition) is 2. The van der Waals surface area contributed by atoms with Gasteiger partial charge in [0.2, 0.25) is 0 Å². The third kappa shape index (κ3) is 2.23. The minimum atomic E-state index is 0.716. The van der Waals surface area contributed by atoms with Crippen molar-refractivity contribution in [2.45, 2.75) is 0 Å². The highest BCUT2D eigenvalue weighted by atomic mass is 79.9. The average molecular weight is 342 g/mol. The standard InChI is InChI=1S/C12H10Br2N2/c13-7-1-3-11(15)9(5-7)10-6-8(14)2-4-12(10)16/h1-6H,15-16H2. The Morgan fingerprint density at radius 3 is 1.44 bits per heavy atom. The molecule has 0 saturated heterocycles. The number of nitrogens with two attached hydrogens (primary N) is 2. The van der Waals surface area contributed by atoms with E-state index >= 15 is 0 Å². The first kappa shape index (κ1) is 11.5. The molecule has 0 radical (unpaired) electrons. The molecule has 2 nitrogen and oxygen atoms in total. The first-order valence-electron chi connectivity index (χ1n) is 4.68. The van der Waals surface area contributed by atoms with Crippen LogP contribution in [0.3, 0.4) is 0 Å². The smallest absolute Gasteiger partial charge is 0.0395 e. The molecule has 2 aromatic rings. The summed E-state index contributed by atoms with van der Waals surface area (Å²) in [5.74, 6) is 0. The van der Waals surface area contributed by atoms with Crippen LogP contribution in [0.15, 0.2) is 45.3 Å². The van der Waals surface area contributed by atoms with Crippen LogP contribution in [0, 0.1) is 0 Å². The lowest BCUT2D eigenvalue weighted by molar-refractivity contribution is 1.56. The molecule has 2 rings (SSSR count). The molecule has 4 heteroatoms. The molecule has 0 aromatic heterocycles. The Morgan fingerprint density at radius 2 is 1.06 bits per heavy atom. The van der Waals surface area contributed by atoms with Gasteiger partial charge in [-0.15, -0.1) is 0 Å². The van der Waals surface area contributed by atoms with E-state index in [-0.39, 0.29) is 0 Å². The van der Waals surface area contributed by atoms with Crippen LogP contribution in [0.4, 0.5) is 11.4 Å². The number of nitrogen functional groups attached to an aromatic ring is 2. The van der Waals surface area contributed by atoms with Gasteiger partial charge in [-0.3, -0.25) is 0 Å². The minimum Gasteiger partial charge on any atom is -0.398 e. The Bertz CT molecular complexity index is 489. The third-order valence-electron chi connectivity index (χ3n) is 2.32. The molecule has 2 aromatic carbocycles. The molecule has 0 aliphatic carbocycles. The van der Waals surface area contributed by atoms with Crippen molar-refractivity contribution in [3.8, 4) is 11.1 Å². The summed E-state index contributed by atoms with van der Waals surface area (Å²) in [6.45, 7) is 0. The van der Waals surface area contributed by atoms with E-state index in [9.17, 15) is 0 Å². The van der Waals surface area contributed by atoms with Gasteiger partial charge in [0.05, 0.1) is 0 Å². The maximum absolute atomic E-state index is 5.95. The van der Waals surface area contributed by atoms with Gasteiger partial charge >= 0.3 is 0 Å². The van der Waals surface area contributed by atoms with Gasteiger partial charge in [-0.1, -0.05) is 31.9 Å². The van der Waals surface area contributed by atoms with Crippen molar-refractivity contribution in [2.24, 2.45) is 0 Å².